The third kappa shape index (κ3) is 10.6. The molecule has 0 spiro atoms. The summed E-state index contributed by atoms with van der Waals surface area (Å²) in [5, 5.41) is 0. The van der Waals surface area contributed by atoms with Crippen LogP contribution in [0.5, 0.6) is 23.0 Å². The molecule has 5 aromatic carbocycles. The van der Waals surface area contributed by atoms with Crippen LogP contribution in [0.25, 0.3) is 0 Å². The van der Waals surface area contributed by atoms with Crippen LogP contribution in [0.2, 0.25) is 0 Å². The Morgan fingerprint density at radius 2 is 0.780 bits per heavy atom. The highest BCUT2D eigenvalue weighted by Gasteiger charge is 2.16. The molecule has 0 heterocycles. The molecule has 50 heavy (non-hydrogen) atoms. The highest BCUT2D eigenvalue weighted by molar-refractivity contribution is 7.87. The number of benzene rings is 5. The summed E-state index contributed by atoms with van der Waals surface area (Å²) in [6.45, 7) is 3.93. The van der Waals surface area contributed by atoms with E-state index in [1.807, 2.05) is 50.2 Å². The van der Waals surface area contributed by atoms with E-state index in [4.69, 9.17) is 27.3 Å². The third-order valence-electron chi connectivity index (χ3n) is 7.26. The summed E-state index contributed by atoms with van der Waals surface area (Å²) in [5.74, 6) is 1.91. The maximum atomic E-state index is 12.4. The Kier molecular flexibility index (Phi) is 12.5. The lowest BCUT2D eigenvalue weighted by Gasteiger charge is -2.14. The van der Waals surface area contributed by atoms with E-state index in [2.05, 4.69) is 0 Å². The normalized spacial score (nSPS) is 11.6. The molecule has 0 atom stereocenters. The zero-order valence-electron chi connectivity index (χ0n) is 27.7. The predicted octanol–water partition coefficient (Wildman–Crippen LogP) is 7.03. The number of rotatable bonds is 18. The minimum atomic E-state index is -3.89. The molecular weight excluding hydrogens is 681 g/mol. The number of hydrogen-bond acceptors (Lipinski definition) is 10. The van der Waals surface area contributed by atoms with Gasteiger partial charge < -0.3 is 18.9 Å². The molecule has 0 aliphatic rings. The van der Waals surface area contributed by atoms with Crippen molar-refractivity contribution in [3.63, 3.8) is 0 Å². The van der Waals surface area contributed by atoms with E-state index < -0.39 is 20.2 Å². The third-order valence-corrected chi connectivity index (χ3v) is 9.91. The first-order valence-electron chi connectivity index (χ1n) is 15.8. The van der Waals surface area contributed by atoms with Crippen LogP contribution in [0.3, 0.4) is 0 Å². The van der Waals surface area contributed by atoms with Crippen LogP contribution in [0.15, 0.2) is 131 Å². The van der Waals surface area contributed by atoms with Crippen molar-refractivity contribution >= 4 is 20.2 Å². The van der Waals surface area contributed by atoms with Gasteiger partial charge in [-0.3, -0.25) is 8.37 Å². The Morgan fingerprint density at radius 3 is 1.16 bits per heavy atom. The highest BCUT2D eigenvalue weighted by atomic mass is 32.2. The minimum Gasteiger partial charge on any atom is -0.487 e. The summed E-state index contributed by atoms with van der Waals surface area (Å²) in [6.07, 6.45) is 0. The lowest BCUT2D eigenvalue weighted by atomic mass is 10.1. The van der Waals surface area contributed by atoms with Crippen molar-refractivity contribution in [2.75, 3.05) is 26.4 Å². The Morgan fingerprint density at radius 1 is 0.420 bits per heavy atom. The van der Waals surface area contributed by atoms with Crippen molar-refractivity contribution in [3.05, 3.63) is 144 Å². The van der Waals surface area contributed by atoms with Gasteiger partial charge in [0.1, 0.15) is 39.6 Å². The summed E-state index contributed by atoms with van der Waals surface area (Å²) in [5.41, 5.74) is 3.69. The molecule has 262 valence electrons. The molecule has 12 heteroatoms. The number of para-hydroxylation sites is 4. The van der Waals surface area contributed by atoms with E-state index in [0.717, 1.165) is 22.3 Å². The molecule has 5 rings (SSSR count). The molecule has 0 N–H and O–H groups in total. The lowest BCUT2D eigenvalue weighted by molar-refractivity contribution is 0.208. The number of hydrogen-bond donors (Lipinski definition) is 0. The molecule has 10 nitrogen and oxygen atoms in total. The van der Waals surface area contributed by atoms with Gasteiger partial charge in [0, 0.05) is 0 Å². The van der Waals surface area contributed by atoms with E-state index in [1.165, 1.54) is 24.3 Å². The fourth-order valence-corrected chi connectivity index (χ4v) is 6.43. The first kappa shape index (κ1) is 36.4. The van der Waals surface area contributed by atoms with Crippen LogP contribution in [0.1, 0.15) is 22.3 Å². The Labute approximate surface area is 293 Å². The molecule has 0 saturated carbocycles. The van der Waals surface area contributed by atoms with Gasteiger partial charge >= 0.3 is 0 Å². The second-order valence-electron chi connectivity index (χ2n) is 11.2. The number of ether oxygens (including phenoxy) is 4. The lowest BCUT2D eigenvalue weighted by Crippen LogP contribution is -2.13. The molecule has 0 aliphatic heterocycles. The fourth-order valence-electron chi connectivity index (χ4n) is 4.65. The molecule has 5 aromatic rings. The predicted molar refractivity (Wildman–Crippen MR) is 188 cm³/mol. The highest BCUT2D eigenvalue weighted by Crippen LogP contribution is 2.29. The van der Waals surface area contributed by atoms with E-state index in [0.29, 0.717) is 23.0 Å². The van der Waals surface area contributed by atoms with Crippen LogP contribution in [0, 0.1) is 13.8 Å². The van der Waals surface area contributed by atoms with Gasteiger partial charge in [0.05, 0.1) is 9.79 Å². The van der Waals surface area contributed by atoms with Gasteiger partial charge in [-0.1, -0.05) is 77.9 Å². The van der Waals surface area contributed by atoms with Crippen LogP contribution >= 0.6 is 0 Å². The van der Waals surface area contributed by atoms with Gasteiger partial charge in [0.25, 0.3) is 20.2 Å². The average molecular weight is 719 g/mol. The van der Waals surface area contributed by atoms with Crippen LogP contribution < -0.4 is 18.9 Å². The first-order valence-corrected chi connectivity index (χ1v) is 18.6. The Balaban J connectivity index is 1.09. The van der Waals surface area contributed by atoms with Crippen LogP contribution in [-0.2, 0) is 41.8 Å². The Bertz CT molecular complexity index is 1920. The monoisotopic (exact) mass is 718 g/mol. The average Bonchev–Trinajstić information content (AvgIpc) is 3.11. The van der Waals surface area contributed by atoms with Crippen molar-refractivity contribution in [2.24, 2.45) is 0 Å². The van der Waals surface area contributed by atoms with Crippen molar-refractivity contribution in [2.45, 2.75) is 36.9 Å². The smallest absolute Gasteiger partial charge is 0.297 e. The molecule has 0 radical (unpaired) electrons. The van der Waals surface area contributed by atoms with Crippen molar-refractivity contribution in [3.8, 4) is 23.0 Å². The maximum absolute atomic E-state index is 12.4. The SMILES string of the molecule is Cc1ccc(S(=O)(=O)OCCOc2ccccc2OCc2cccc(COc3ccccc3OCCOS(=O)(=O)c3ccc(C)cc3)c2)cc1. The second-order valence-corrected chi connectivity index (χ2v) is 14.4. The molecule has 0 aromatic heterocycles. The van der Waals surface area contributed by atoms with Crippen molar-refractivity contribution in [1.82, 2.24) is 0 Å². The summed E-state index contributed by atoms with van der Waals surface area (Å²) in [6, 6.07) is 34.8. The summed E-state index contributed by atoms with van der Waals surface area (Å²) in [7, 11) is -7.78. The quantitative estimate of drug-likeness (QED) is 0.0689. The van der Waals surface area contributed by atoms with Gasteiger partial charge in [-0.15, -0.1) is 0 Å². The Hall–Kier alpha value is -4.88. The molecule has 0 amide bonds. The maximum Gasteiger partial charge on any atom is 0.297 e. The molecule has 0 bridgehead atoms. The molecule has 0 aliphatic carbocycles. The van der Waals surface area contributed by atoms with Gasteiger partial charge in [0.15, 0.2) is 23.0 Å². The van der Waals surface area contributed by atoms with Crippen molar-refractivity contribution < 1.29 is 44.1 Å². The van der Waals surface area contributed by atoms with Gasteiger partial charge in [-0.25, -0.2) is 0 Å². The van der Waals surface area contributed by atoms with Crippen LogP contribution in [-0.4, -0.2) is 43.3 Å². The molecule has 0 fully saturated rings. The minimum absolute atomic E-state index is 0.00301. The number of aryl methyl sites for hydroxylation is 2. The van der Waals surface area contributed by atoms with E-state index in [9.17, 15) is 16.8 Å². The fraction of sp³-hybridized carbons (Fsp3) is 0.211. The van der Waals surface area contributed by atoms with E-state index in [-0.39, 0.29) is 49.4 Å². The largest absolute Gasteiger partial charge is 0.487 e. The standard InChI is InChI=1S/C38H38O10S2/c1-29-14-18-33(19-15-29)49(39,40)47-24-22-43-35-10-3-5-12-37(35)45-27-31-8-7-9-32(26-31)28-46-38-13-6-4-11-36(38)44-23-25-48-50(41,42)34-20-16-30(2)17-21-34/h3-21,26H,22-25,27-28H2,1-2H3. The molecular formula is C38H38O10S2. The van der Waals surface area contributed by atoms with Crippen molar-refractivity contribution in [1.29, 1.82) is 0 Å². The van der Waals surface area contributed by atoms with E-state index >= 15 is 0 Å². The zero-order chi connectivity index (χ0) is 35.4. The van der Waals surface area contributed by atoms with E-state index in [1.54, 1.807) is 60.7 Å². The summed E-state index contributed by atoms with van der Waals surface area (Å²) in [4.78, 5) is 0.179. The molecule has 0 saturated heterocycles. The topological polar surface area (TPSA) is 124 Å². The summed E-state index contributed by atoms with van der Waals surface area (Å²) < 4.78 is 83.7. The van der Waals surface area contributed by atoms with Crippen LogP contribution in [0.4, 0.5) is 0 Å². The summed E-state index contributed by atoms with van der Waals surface area (Å²) >= 11 is 0. The first-order chi connectivity index (χ1) is 24.1. The molecule has 0 unspecified atom stereocenters. The van der Waals surface area contributed by atoms with Gasteiger partial charge in [-0.2, -0.15) is 16.8 Å². The second kappa shape index (κ2) is 17.2. The van der Waals surface area contributed by atoms with Gasteiger partial charge in [0.2, 0.25) is 0 Å². The van der Waals surface area contributed by atoms with Gasteiger partial charge in [-0.05, 0) is 79.6 Å². The zero-order valence-corrected chi connectivity index (χ0v) is 29.3.